The molecule has 2 N–H and O–H groups in total. The first-order valence-electron chi connectivity index (χ1n) is 4.04. The molecule has 2 aromatic rings. The van der Waals surface area contributed by atoms with Crippen molar-refractivity contribution in [3.63, 3.8) is 0 Å². The maximum Gasteiger partial charge on any atom is 0.159 e. The van der Waals surface area contributed by atoms with E-state index < -0.39 is 0 Å². The van der Waals surface area contributed by atoms with Crippen LogP contribution in [0.25, 0.3) is 0 Å². The molecule has 4 nitrogen and oxygen atoms in total. The molecule has 0 spiro atoms. The molecular formula is C8H9BrN4S. The number of nitrogen functional groups attached to an aromatic ring is 1. The van der Waals surface area contributed by atoms with Crippen LogP contribution in [0.1, 0.15) is 10.7 Å². The monoisotopic (exact) mass is 272 g/mol. The topological polar surface area (TPSA) is 56.7 Å². The number of anilines is 1. The molecule has 0 aromatic carbocycles. The summed E-state index contributed by atoms with van der Waals surface area (Å²) < 4.78 is 2.60. The van der Waals surface area contributed by atoms with Crippen molar-refractivity contribution in [3.05, 3.63) is 26.8 Å². The van der Waals surface area contributed by atoms with E-state index in [0.717, 1.165) is 15.2 Å². The van der Waals surface area contributed by atoms with E-state index in [9.17, 15) is 0 Å². The number of aryl methyl sites for hydroxylation is 1. The predicted octanol–water partition coefficient (Wildman–Crippen LogP) is 2.04. The average molecular weight is 273 g/mol. The Morgan fingerprint density at radius 3 is 2.93 bits per heavy atom. The molecule has 0 saturated carbocycles. The van der Waals surface area contributed by atoms with Gasteiger partial charge in [-0.05, 0) is 22.9 Å². The molecule has 0 atom stereocenters. The standard InChI is InChI=1S/C8H9BrN4S/c1-5-4-14-7(11-5)3-13-2-6(9)8(10)12-13/h2,4H,3H2,1H3,(H2,10,12). The summed E-state index contributed by atoms with van der Waals surface area (Å²) in [6.07, 6.45) is 1.85. The highest BCUT2D eigenvalue weighted by Crippen LogP contribution is 2.18. The van der Waals surface area contributed by atoms with E-state index in [-0.39, 0.29) is 0 Å². The van der Waals surface area contributed by atoms with Crippen LogP contribution >= 0.6 is 27.3 Å². The summed E-state index contributed by atoms with van der Waals surface area (Å²) in [5.74, 6) is 0.512. The quantitative estimate of drug-likeness (QED) is 0.911. The van der Waals surface area contributed by atoms with Crippen LogP contribution in [0.3, 0.4) is 0 Å². The van der Waals surface area contributed by atoms with Crippen molar-refractivity contribution >= 4 is 33.1 Å². The van der Waals surface area contributed by atoms with Gasteiger partial charge in [-0.1, -0.05) is 0 Å². The van der Waals surface area contributed by atoms with Gasteiger partial charge in [0.25, 0.3) is 0 Å². The zero-order valence-corrected chi connectivity index (χ0v) is 9.97. The zero-order valence-electron chi connectivity index (χ0n) is 7.57. The van der Waals surface area contributed by atoms with Crippen LogP contribution in [0, 0.1) is 6.92 Å². The minimum atomic E-state index is 0.512. The third-order valence-corrected chi connectivity index (χ3v) is 3.27. The van der Waals surface area contributed by atoms with Gasteiger partial charge in [-0.15, -0.1) is 11.3 Å². The van der Waals surface area contributed by atoms with E-state index in [4.69, 9.17) is 5.73 Å². The van der Waals surface area contributed by atoms with Crippen molar-refractivity contribution in [1.29, 1.82) is 0 Å². The lowest BCUT2D eigenvalue weighted by Crippen LogP contribution is -2.00. The third kappa shape index (κ3) is 1.96. The van der Waals surface area contributed by atoms with Crippen LogP contribution in [-0.2, 0) is 6.54 Å². The molecule has 2 heterocycles. The molecule has 0 bridgehead atoms. The smallest absolute Gasteiger partial charge is 0.159 e. The van der Waals surface area contributed by atoms with Crippen LogP contribution < -0.4 is 5.73 Å². The molecule has 0 aliphatic heterocycles. The number of hydrogen-bond donors (Lipinski definition) is 1. The molecule has 0 amide bonds. The van der Waals surface area contributed by atoms with Gasteiger partial charge in [0.2, 0.25) is 0 Å². The van der Waals surface area contributed by atoms with Crippen LogP contribution in [-0.4, -0.2) is 14.8 Å². The van der Waals surface area contributed by atoms with E-state index in [2.05, 4.69) is 26.0 Å². The number of thiazole rings is 1. The summed E-state index contributed by atoms with van der Waals surface area (Å²) >= 11 is 4.94. The van der Waals surface area contributed by atoms with Gasteiger partial charge in [0.05, 0.1) is 11.0 Å². The van der Waals surface area contributed by atoms with Crippen LogP contribution in [0.2, 0.25) is 0 Å². The highest BCUT2D eigenvalue weighted by molar-refractivity contribution is 9.10. The molecule has 74 valence electrons. The number of halogens is 1. The second kappa shape index (κ2) is 3.70. The average Bonchev–Trinajstić information content (AvgIpc) is 2.62. The molecule has 0 unspecified atom stereocenters. The Bertz CT molecular complexity index is 428. The Balaban J connectivity index is 2.18. The van der Waals surface area contributed by atoms with Crippen LogP contribution in [0.4, 0.5) is 5.82 Å². The zero-order chi connectivity index (χ0) is 10.1. The fourth-order valence-electron chi connectivity index (χ4n) is 1.11. The largest absolute Gasteiger partial charge is 0.381 e. The first kappa shape index (κ1) is 9.67. The first-order valence-corrected chi connectivity index (χ1v) is 5.72. The van der Waals surface area contributed by atoms with Crippen molar-refractivity contribution in [2.45, 2.75) is 13.5 Å². The summed E-state index contributed by atoms with van der Waals surface area (Å²) in [5.41, 5.74) is 6.65. The van der Waals surface area contributed by atoms with Crippen molar-refractivity contribution in [2.75, 3.05) is 5.73 Å². The van der Waals surface area contributed by atoms with Crippen molar-refractivity contribution < 1.29 is 0 Å². The van der Waals surface area contributed by atoms with Crippen molar-refractivity contribution in [3.8, 4) is 0 Å². The van der Waals surface area contributed by atoms with E-state index in [1.807, 2.05) is 18.5 Å². The van der Waals surface area contributed by atoms with Gasteiger partial charge in [0.1, 0.15) is 5.01 Å². The van der Waals surface area contributed by atoms with Gasteiger partial charge >= 0.3 is 0 Å². The summed E-state index contributed by atoms with van der Waals surface area (Å²) in [4.78, 5) is 4.35. The lowest BCUT2D eigenvalue weighted by atomic mass is 10.6. The Morgan fingerprint density at radius 1 is 1.64 bits per heavy atom. The van der Waals surface area contributed by atoms with E-state index >= 15 is 0 Å². The number of nitrogens with zero attached hydrogens (tertiary/aromatic N) is 3. The Hall–Kier alpha value is -0.880. The third-order valence-electron chi connectivity index (χ3n) is 1.71. The molecule has 0 aliphatic rings. The predicted molar refractivity (Wildman–Crippen MR) is 60.3 cm³/mol. The molecule has 0 saturated heterocycles. The lowest BCUT2D eigenvalue weighted by Gasteiger charge is -1.95. The maximum absolute atomic E-state index is 5.60. The first-order chi connectivity index (χ1) is 6.65. The molecule has 6 heteroatoms. The highest BCUT2D eigenvalue weighted by atomic mass is 79.9. The van der Waals surface area contributed by atoms with Crippen LogP contribution in [0.5, 0.6) is 0 Å². The molecule has 0 radical (unpaired) electrons. The summed E-state index contributed by atoms with van der Waals surface area (Å²) in [6, 6.07) is 0. The molecular weight excluding hydrogens is 264 g/mol. The van der Waals surface area contributed by atoms with Gasteiger partial charge in [-0.2, -0.15) is 5.10 Å². The van der Waals surface area contributed by atoms with Gasteiger partial charge in [0, 0.05) is 17.3 Å². The fraction of sp³-hybridized carbons (Fsp3) is 0.250. The summed E-state index contributed by atoms with van der Waals surface area (Å²) in [6.45, 7) is 2.65. The van der Waals surface area contributed by atoms with Gasteiger partial charge in [0.15, 0.2) is 5.82 Å². The minimum absolute atomic E-state index is 0.512. The highest BCUT2D eigenvalue weighted by Gasteiger charge is 2.04. The number of nitrogens with two attached hydrogens (primary N) is 1. The Morgan fingerprint density at radius 2 is 2.43 bits per heavy atom. The normalized spacial score (nSPS) is 10.7. The van der Waals surface area contributed by atoms with E-state index in [1.54, 1.807) is 16.0 Å². The van der Waals surface area contributed by atoms with Gasteiger partial charge in [-0.25, -0.2) is 4.98 Å². The van der Waals surface area contributed by atoms with E-state index in [0.29, 0.717) is 12.4 Å². The van der Waals surface area contributed by atoms with Gasteiger partial charge in [-0.3, -0.25) is 4.68 Å². The van der Waals surface area contributed by atoms with Crippen molar-refractivity contribution in [2.24, 2.45) is 0 Å². The number of hydrogen-bond acceptors (Lipinski definition) is 4. The summed E-state index contributed by atoms with van der Waals surface area (Å²) in [7, 11) is 0. The molecule has 2 rings (SSSR count). The molecule has 14 heavy (non-hydrogen) atoms. The SMILES string of the molecule is Cc1csc(Cn2cc(Br)c(N)n2)n1. The molecule has 0 fully saturated rings. The molecule has 2 aromatic heterocycles. The van der Waals surface area contributed by atoms with Crippen LogP contribution in [0.15, 0.2) is 16.0 Å². The maximum atomic E-state index is 5.60. The second-order valence-corrected chi connectivity index (χ2v) is 4.74. The number of aromatic nitrogens is 3. The van der Waals surface area contributed by atoms with E-state index in [1.165, 1.54) is 0 Å². The second-order valence-electron chi connectivity index (χ2n) is 2.94. The van der Waals surface area contributed by atoms with Crippen molar-refractivity contribution in [1.82, 2.24) is 14.8 Å². The lowest BCUT2D eigenvalue weighted by molar-refractivity contribution is 0.685. The Kier molecular flexibility index (Phi) is 2.56. The van der Waals surface area contributed by atoms with Gasteiger partial charge < -0.3 is 5.73 Å². The number of rotatable bonds is 2. The summed E-state index contributed by atoms with van der Waals surface area (Å²) in [5, 5.41) is 7.19. The molecule has 0 aliphatic carbocycles. The minimum Gasteiger partial charge on any atom is -0.381 e. The fourth-order valence-corrected chi connectivity index (χ4v) is 2.19. The Labute approximate surface area is 93.9 Å².